The van der Waals surface area contributed by atoms with Crippen LogP contribution in [0.2, 0.25) is 0 Å². The summed E-state index contributed by atoms with van der Waals surface area (Å²) >= 11 is 0. The summed E-state index contributed by atoms with van der Waals surface area (Å²) in [6.45, 7) is 0.870. The molecule has 2 nitrogen and oxygen atoms in total. The van der Waals surface area contributed by atoms with Crippen LogP contribution in [-0.2, 0) is 4.74 Å². The second-order valence-electron chi connectivity index (χ2n) is 6.88. The van der Waals surface area contributed by atoms with Gasteiger partial charge < -0.3 is 10.1 Å². The fourth-order valence-electron chi connectivity index (χ4n) is 4.41. The lowest BCUT2D eigenvalue weighted by atomic mass is 9.77. The van der Waals surface area contributed by atoms with E-state index in [-0.39, 0.29) is 6.10 Å². The molecule has 0 saturated carbocycles. The van der Waals surface area contributed by atoms with Crippen LogP contribution in [0.25, 0.3) is 10.8 Å². The molecular weight excluding hydrogens is 294 g/mol. The molecule has 1 N–H and O–H groups in total. The Labute approximate surface area is 142 Å². The minimum Gasteiger partial charge on any atom is -0.377 e. The molecule has 2 aliphatic rings. The molecule has 0 spiro atoms. The zero-order chi connectivity index (χ0) is 15.9. The number of nitrogens with one attached hydrogen (secondary N) is 1. The van der Waals surface area contributed by atoms with Gasteiger partial charge in [0.15, 0.2) is 0 Å². The quantitative estimate of drug-likeness (QED) is 0.642. The van der Waals surface area contributed by atoms with Gasteiger partial charge in [0.05, 0.1) is 12.1 Å². The van der Waals surface area contributed by atoms with Crippen LogP contribution in [0.4, 0.5) is 5.69 Å². The number of anilines is 1. The number of ether oxygens (including phenoxy) is 1. The summed E-state index contributed by atoms with van der Waals surface area (Å²) in [5, 5.41) is 6.45. The highest BCUT2D eigenvalue weighted by Crippen LogP contribution is 2.50. The largest absolute Gasteiger partial charge is 0.377 e. The smallest absolute Gasteiger partial charge is 0.0896 e. The van der Waals surface area contributed by atoms with Crippen molar-refractivity contribution in [3.8, 4) is 0 Å². The molecule has 120 valence electrons. The van der Waals surface area contributed by atoms with Gasteiger partial charge in [0, 0.05) is 29.2 Å². The van der Waals surface area contributed by atoms with Crippen LogP contribution < -0.4 is 5.32 Å². The molecule has 3 atom stereocenters. The van der Waals surface area contributed by atoms with E-state index >= 15 is 0 Å². The van der Waals surface area contributed by atoms with E-state index in [0.29, 0.717) is 12.0 Å². The van der Waals surface area contributed by atoms with Gasteiger partial charge in [-0.1, -0.05) is 66.7 Å². The van der Waals surface area contributed by atoms with Crippen molar-refractivity contribution < 1.29 is 4.74 Å². The molecule has 3 aromatic rings. The van der Waals surface area contributed by atoms with E-state index in [1.165, 1.54) is 34.0 Å². The summed E-state index contributed by atoms with van der Waals surface area (Å²) in [4.78, 5) is 0. The average Bonchev–Trinajstić information content (AvgIpc) is 2.67. The Hall–Kier alpha value is -2.32. The molecule has 0 aromatic heterocycles. The van der Waals surface area contributed by atoms with Crippen molar-refractivity contribution in [2.24, 2.45) is 5.92 Å². The maximum Gasteiger partial charge on any atom is 0.0896 e. The number of hydrogen-bond donors (Lipinski definition) is 1. The third-order valence-electron chi connectivity index (χ3n) is 5.52. The van der Waals surface area contributed by atoms with Crippen molar-refractivity contribution in [1.82, 2.24) is 0 Å². The van der Waals surface area contributed by atoms with Crippen molar-refractivity contribution >= 4 is 16.5 Å². The lowest BCUT2D eigenvalue weighted by Gasteiger charge is -2.43. The van der Waals surface area contributed by atoms with Crippen molar-refractivity contribution in [3.63, 3.8) is 0 Å². The number of benzene rings is 3. The maximum atomic E-state index is 6.27. The fraction of sp³-hybridized carbons (Fsp3) is 0.273. The third kappa shape index (κ3) is 2.14. The second-order valence-corrected chi connectivity index (χ2v) is 6.88. The molecule has 0 aliphatic carbocycles. The molecule has 2 heterocycles. The molecule has 1 saturated heterocycles. The Kier molecular flexibility index (Phi) is 3.30. The van der Waals surface area contributed by atoms with Crippen LogP contribution in [0.3, 0.4) is 0 Å². The van der Waals surface area contributed by atoms with E-state index in [2.05, 4.69) is 72.0 Å². The molecule has 0 bridgehead atoms. The molecule has 3 aromatic carbocycles. The fourth-order valence-corrected chi connectivity index (χ4v) is 4.41. The van der Waals surface area contributed by atoms with Crippen LogP contribution in [-0.4, -0.2) is 6.61 Å². The molecule has 5 rings (SSSR count). The Morgan fingerprint density at radius 3 is 2.62 bits per heavy atom. The minimum absolute atomic E-state index is 0.199. The van der Waals surface area contributed by atoms with Crippen molar-refractivity contribution in [3.05, 3.63) is 77.9 Å². The van der Waals surface area contributed by atoms with E-state index in [1.807, 2.05) is 0 Å². The first-order chi connectivity index (χ1) is 11.9. The summed E-state index contributed by atoms with van der Waals surface area (Å²) in [6.07, 6.45) is 2.56. The van der Waals surface area contributed by atoms with Gasteiger partial charge in [-0.15, -0.1) is 0 Å². The molecule has 1 fully saturated rings. The van der Waals surface area contributed by atoms with Crippen molar-refractivity contribution in [2.45, 2.75) is 25.0 Å². The summed E-state index contributed by atoms with van der Waals surface area (Å²) < 4.78 is 6.27. The van der Waals surface area contributed by atoms with Gasteiger partial charge in [-0.2, -0.15) is 0 Å². The Balaban J connectivity index is 1.70. The van der Waals surface area contributed by atoms with Gasteiger partial charge in [0.2, 0.25) is 0 Å². The van der Waals surface area contributed by atoms with Crippen molar-refractivity contribution in [1.29, 1.82) is 0 Å². The predicted octanol–water partition coefficient (Wildman–Crippen LogP) is 5.47. The summed E-state index contributed by atoms with van der Waals surface area (Å²) in [6, 6.07) is 24.3. The van der Waals surface area contributed by atoms with Gasteiger partial charge >= 0.3 is 0 Å². The minimum atomic E-state index is 0.199. The maximum absolute atomic E-state index is 6.27. The second kappa shape index (κ2) is 5.64. The van der Waals surface area contributed by atoms with E-state index in [4.69, 9.17) is 4.74 Å². The van der Waals surface area contributed by atoms with E-state index < -0.39 is 0 Å². The third-order valence-corrected chi connectivity index (χ3v) is 5.52. The lowest BCUT2D eigenvalue weighted by Crippen LogP contribution is -2.36. The van der Waals surface area contributed by atoms with Gasteiger partial charge in [0.1, 0.15) is 0 Å². The normalized spacial score (nSPS) is 25.6. The number of fused-ring (bicyclic) bond motifs is 5. The molecule has 2 aliphatic heterocycles. The lowest BCUT2D eigenvalue weighted by molar-refractivity contribution is -0.0380. The Morgan fingerprint density at radius 2 is 1.71 bits per heavy atom. The van der Waals surface area contributed by atoms with Gasteiger partial charge in [-0.25, -0.2) is 0 Å². The average molecular weight is 315 g/mol. The van der Waals surface area contributed by atoms with E-state index in [1.54, 1.807) is 0 Å². The first-order valence-corrected chi connectivity index (χ1v) is 8.86. The Bertz CT molecular complexity index is 874. The summed E-state index contributed by atoms with van der Waals surface area (Å²) in [5.74, 6) is 0.495. The standard InChI is InChI=1S/C22H21NO/c1-2-8-16(9-3-1)20-18-11-6-14-24-22(18)19-13-12-15-7-4-5-10-17(15)21(19)23-20/h1-5,7-10,12-13,18,20,22-23H,6,11,14H2/t18-,20+,22-/m1/s1. The Morgan fingerprint density at radius 1 is 0.875 bits per heavy atom. The molecule has 0 unspecified atom stereocenters. The highest BCUT2D eigenvalue weighted by Gasteiger charge is 2.40. The van der Waals surface area contributed by atoms with E-state index in [0.717, 1.165) is 13.0 Å². The van der Waals surface area contributed by atoms with E-state index in [9.17, 15) is 0 Å². The monoisotopic (exact) mass is 315 g/mol. The topological polar surface area (TPSA) is 21.3 Å². The number of hydrogen-bond acceptors (Lipinski definition) is 2. The molecular formula is C22H21NO. The van der Waals surface area contributed by atoms with Gasteiger partial charge in [-0.3, -0.25) is 0 Å². The van der Waals surface area contributed by atoms with Crippen LogP contribution in [0.5, 0.6) is 0 Å². The predicted molar refractivity (Wildman–Crippen MR) is 98.2 cm³/mol. The van der Waals surface area contributed by atoms with Crippen LogP contribution >= 0.6 is 0 Å². The molecule has 0 amide bonds. The van der Waals surface area contributed by atoms with Crippen LogP contribution in [0.1, 0.15) is 36.1 Å². The van der Waals surface area contributed by atoms with Crippen molar-refractivity contribution in [2.75, 3.05) is 11.9 Å². The first-order valence-electron chi connectivity index (χ1n) is 8.86. The van der Waals surface area contributed by atoms with Crippen LogP contribution in [0, 0.1) is 5.92 Å². The van der Waals surface area contributed by atoms with Crippen LogP contribution in [0.15, 0.2) is 66.7 Å². The SMILES string of the molecule is c1ccc([C@@H]2Nc3c(ccc4ccccc34)[C@@H]3OCCC[C@H]23)cc1. The molecule has 24 heavy (non-hydrogen) atoms. The zero-order valence-corrected chi connectivity index (χ0v) is 13.6. The summed E-state index contributed by atoms with van der Waals surface area (Å²) in [5.41, 5.74) is 3.94. The molecule has 0 radical (unpaired) electrons. The highest BCUT2D eigenvalue weighted by atomic mass is 16.5. The summed E-state index contributed by atoms with van der Waals surface area (Å²) in [7, 11) is 0. The molecule has 2 heteroatoms. The van der Waals surface area contributed by atoms with Gasteiger partial charge in [-0.05, 0) is 23.8 Å². The first kappa shape index (κ1) is 14.1. The highest BCUT2D eigenvalue weighted by molar-refractivity contribution is 5.96. The van der Waals surface area contributed by atoms with Gasteiger partial charge in [0.25, 0.3) is 0 Å². The zero-order valence-electron chi connectivity index (χ0n) is 13.6. The number of rotatable bonds is 1.